The van der Waals surface area contributed by atoms with Crippen LogP contribution in [-0.4, -0.2) is 32.4 Å². The number of halogens is 1. The van der Waals surface area contributed by atoms with Gasteiger partial charge in [0.05, 0.1) is 15.3 Å². The monoisotopic (exact) mass is 365 g/mol. The predicted molar refractivity (Wildman–Crippen MR) is 93.1 cm³/mol. The highest BCUT2D eigenvalue weighted by molar-refractivity contribution is 7.93. The van der Waals surface area contributed by atoms with Crippen molar-refractivity contribution in [2.45, 2.75) is 38.5 Å². The summed E-state index contributed by atoms with van der Waals surface area (Å²) in [4.78, 5) is 24.5. The molecule has 0 bridgehead atoms. The van der Waals surface area contributed by atoms with Crippen LogP contribution in [-0.2, 0) is 14.5 Å². The molecular formula is C18H20FNO4S. The van der Waals surface area contributed by atoms with Crippen LogP contribution in [0.1, 0.15) is 48.9 Å². The standard InChI is InChI=1S/C18H20FNO4S/c19-17-12(18(23)16-14(21)8-5-9-15(16)22)6-4-7-13(17)20-25(24)10-2-1-3-11-25/h4,6-7,21H,1-3,5,8-11H2. The molecule has 1 N–H and O–H groups in total. The highest BCUT2D eigenvalue weighted by atomic mass is 32.2. The van der Waals surface area contributed by atoms with Gasteiger partial charge in [-0.3, -0.25) is 9.59 Å². The SMILES string of the molecule is O=C1CCCC(O)=C1C(=O)c1cccc(N=S2(=O)CCCCC2)c1F. The van der Waals surface area contributed by atoms with Gasteiger partial charge in [-0.25, -0.2) is 8.60 Å². The fourth-order valence-electron chi connectivity index (χ4n) is 3.19. The maximum atomic E-state index is 14.8. The number of benzene rings is 1. The van der Waals surface area contributed by atoms with Crippen LogP contribution in [0.2, 0.25) is 0 Å². The summed E-state index contributed by atoms with van der Waals surface area (Å²) in [5.74, 6) is -1.64. The van der Waals surface area contributed by atoms with Gasteiger partial charge in [0.25, 0.3) is 0 Å². The summed E-state index contributed by atoms with van der Waals surface area (Å²) in [6.45, 7) is 0. The van der Waals surface area contributed by atoms with Crippen LogP contribution >= 0.6 is 0 Å². The van der Waals surface area contributed by atoms with E-state index in [0.717, 1.165) is 19.3 Å². The number of hydrogen-bond acceptors (Lipinski definition) is 5. The summed E-state index contributed by atoms with van der Waals surface area (Å²) < 4.78 is 31.6. The number of allylic oxidation sites excluding steroid dienone is 2. The lowest BCUT2D eigenvalue weighted by Gasteiger charge is -2.16. The molecule has 5 nitrogen and oxygen atoms in total. The molecule has 3 rings (SSSR count). The third kappa shape index (κ3) is 3.66. The number of aliphatic hydroxyl groups is 1. The van der Waals surface area contributed by atoms with Gasteiger partial charge in [0.1, 0.15) is 17.0 Å². The Hall–Kier alpha value is -2.02. The van der Waals surface area contributed by atoms with Gasteiger partial charge in [-0.2, -0.15) is 4.36 Å². The quantitative estimate of drug-likeness (QED) is 0.651. The summed E-state index contributed by atoms with van der Waals surface area (Å²) in [6.07, 6.45) is 3.43. The largest absolute Gasteiger partial charge is 0.511 e. The van der Waals surface area contributed by atoms with Crippen LogP contribution in [0.25, 0.3) is 0 Å². The molecule has 25 heavy (non-hydrogen) atoms. The summed E-state index contributed by atoms with van der Waals surface area (Å²) in [5, 5.41) is 9.88. The fourth-order valence-corrected chi connectivity index (χ4v) is 5.39. The first-order valence-electron chi connectivity index (χ1n) is 8.42. The van der Waals surface area contributed by atoms with Gasteiger partial charge >= 0.3 is 0 Å². The van der Waals surface area contributed by atoms with Crippen molar-refractivity contribution in [3.63, 3.8) is 0 Å². The molecule has 1 aromatic rings. The number of carbonyl (C=O) groups excluding carboxylic acids is 2. The minimum absolute atomic E-state index is 0.124. The van der Waals surface area contributed by atoms with E-state index < -0.39 is 27.1 Å². The fraction of sp³-hybridized carbons (Fsp3) is 0.444. The normalized spacial score (nSPS) is 20.4. The molecule has 0 unspecified atom stereocenters. The summed E-state index contributed by atoms with van der Waals surface area (Å²) in [5.41, 5.74) is -0.790. The number of carbonyl (C=O) groups is 2. The van der Waals surface area contributed by atoms with E-state index in [0.29, 0.717) is 17.9 Å². The first-order valence-corrected chi connectivity index (χ1v) is 10.3. The van der Waals surface area contributed by atoms with Crippen molar-refractivity contribution < 1.29 is 23.3 Å². The molecule has 1 heterocycles. The lowest BCUT2D eigenvalue weighted by molar-refractivity contribution is -0.116. The van der Waals surface area contributed by atoms with Gasteiger partial charge in [0.2, 0.25) is 5.78 Å². The summed E-state index contributed by atoms with van der Waals surface area (Å²) in [6, 6.07) is 4.09. The minimum Gasteiger partial charge on any atom is -0.511 e. The highest BCUT2D eigenvalue weighted by Crippen LogP contribution is 2.29. The van der Waals surface area contributed by atoms with Crippen molar-refractivity contribution in [1.29, 1.82) is 0 Å². The molecule has 0 aromatic heterocycles. The third-order valence-corrected chi connectivity index (χ3v) is 6.91. The summed E-state index contributed by atoms with van der Waals surface area (Å²) in [7, 11) is -2.51. The van der Waals surface area contributed by atoms with Crippen LogP contribution < -0.4 is 0 Å². The average molecular weight is 365 g/mol. The number of rotatable bonds is 3. The van der Waals surface area contributed by atoms with Crippen molar-refractivity contribution in [1.82, 2.24) is 0 Å². The molecule has 0 radical (unpaired) electrons. The average Bonchev–Trinajstić information content (AvgIpc) is 2.57. The molecule has 2 aliphatic rings. The van der Waals surface area contributed by atoms with Crippen LogP contribution in [0.4, 0.5) is 10.1 Å². The van der Waals surface area contributed by atoms with Gasteiger partial charge in [-0.1, -0.05) is 12.5 Å². The van der Waals surface area contributed by atoms with E-state index in [1.165, 1.54) is 18.2 Å². The number of nitrogens with zero attached hydrogens (tertiary/aromatic N) is 1. The summed E-state index contributed by atoms with van der Waals surface area (Å²) >= 11 is 0. The maximum absolute atomic E-state index is 14.8. The van der Waals surface area contributed by atoms with Crippen LogP contribution in [0, 0.1) is 5.82 Å². The number of Topliss-reactive ketones (excluding diaryl/α,β-unsaturated/α-hetero) is 2. The molecule has 1 saturated heterocycles. The molecule has 1 aliphatic carbocycles. The Balaban J connectivity index is 2.02. The zero-order chi connectivity index (χ0) is 18.0. The van der Waals surface area contributed by atoms with Crippen LogP contribution in [0.15, 0.2) is 33.9 Å². The molecule has 7 heteroatoms. The Bertz CT molecular complexity index is 869. The van der Waals surface area contributed by atoms with Crippen molar-refractivity contribution in [3.05, 3.63) is 40.9 Å². The Morgan fingerprint density at radius 2 is 1.84 bits per heavy atom. The molecule has 1 aromatic carbocycles. The first kappa shape index (κ1) is 17.8. The second kappa shape index (κ2) is 7.07. The van der Waals surface area contributed by atoms with Crippen molar-refractivity contribution in [2.75, 3.05) is 11.5 Å². The Morgan fingerprint density at radius 3 is 2.52 bits per heavy atom. The lowest BCUT2D eigenvalue weighted by atomic mass is 9.90. The number of aliphatic hydroxyl groups excluding tert-OH is 1. The Labute approximate surface area is 146 Å². The van der Waals surface area contributed by atoms with Crippen molar-refractivity contribution in [3.8, 4) is 0 Å². The first-order chi connectivity index (χ1) is 11.9. The van der Waals surface area contributed by atoms with E-state index >= 15 is 0 Å². The molecule has 1 aliphatic heterocycles. The zero-order valence-corrected chi connectivity index (χ0v) is 14.6. The van der Waals surface area contributed by atoms with Crippen LogP contribution in [0.5, 0.6) is 0 Å². The molecule has 0 saturated carbocycles. The smallest absolute Gasteiger partial charge is 0.203 e. The van der Waals surface area contributed by atoms with E-state index in [-0.39, 0.29) is 35.4 Å². The van der Waals surface area contributed by atoms with E-state index in [2.05, 4.69) is 4.36 Å². The lowest BCUT2D eigenvalue weighted by Crippen LogP contribution is -2.20. The van der Waals surface area contributed by atoms with Gasteiger partial charge in [0.15, 0.2) is 11.6 Å². The molecule has 1 fully saturated rings. The van der Waals surface area contributed by atoms with E-state index in [1.807, 2.05) is 0 Å². The molecule has 0 atom stereocenters. The molecular weight excluding hydrogens is 345 g/mol. The molecule has 0 spiro atoms. The minimum atomic E-state index is -2.51. The van der Waals surface area contributed by atoms with Crippen molar-refractivity contribution in [2.24, 2.45) is 4.36 Å². The maximum Gasteiger partial charge on any atom is 0.203 e. The Morgan fingerprint density at radius 1 is 1.12 bits per heavy atom. The number of hydrogen-bond donors (Lipinski definition) is 1. The van der Waals surface area contributed by atoms with Gasteiger partial charge in [-0.15, -0.1) is 0 Å². The van der Waals surface area contributed by atoms with E-state index in [1.54, 1.807) is 0 Å². The van der Waals surface area contributed by atoms with Gasteiger partial charge < -0.3 is 5.11 Å². The van der Waals surface area contributed by atoms with Gasteiger partial charge in [0, 0.05) is 24.3 Å². The molecule has 0 amide bonds. The second-order valence-corrected chi connectivity index (χ2v) is 8.94. The van der Waals surface area contributed by atoms with Gasteiger partial charge in [-0.05, 0) is 31.4 Å². The third-order valence-electron chi connectivity index (χ3n) is 4.53. The van der Waals surface area contributed by atoms with Crippen LogP contribution in [0.3, 0.4) is 0 Å². The zero-order valence-electron chi connectivity index (χ0n) is 13.8. The Kier molecular flexibility index (Phi) is 5.03. The topological polar surface area (TPSA) is 83.8 Å². The second-order valence-electron chi connectivity index (χ2n) is 6.40. The van der Waals surface area contributed by atoms with E-state index in [9.17, 15) is 23.3 Å². The van der Waals surface area contributed by atoms with E-state index in [4.69, 9.17) is 0 Å². The number of ketones is 2. The molecule has 134 valence electrons. The van der Waals surface area contributed by atoms with Crippen molar-refractivity contribution >= 4 is 27.0 Å². The highest BCUT2D eigenvalue weighted by Gasteiger charge is 2.29. The predicted octanol–water partition coefficient (Wildman–Crippen LogP) is 3.86.